The van der Waals surface area contributed by atoms with Crippen LogP contribution in [0.1, 0.15) is 30.3 Å². The highest BCUT2D eigenvalue weighted by Crippen LogP contribution is 2.19. The third-order valence-corrected chi connectivity index (χ3v) is 4.03. The van der Waals surface area contributed by atoms with Crippen LogP contribution in [0.4, 0.5) is 0 Å². The zero-order valence-corrected chi connectivity index (χ0v) is 12.4. The Morgan fingerprint density at radius 2 is 2.30 bits per heavy atom. The largest absolute Gasteiger partial charge is 0.464 e. The highest BCUT2D eigenvalue weighted by atomic mass is 32.2. The molecule has 1 fully saturated rings. The lowest BCUT2D eigenvalue weighted by molar-refractivity contribution is -0.147. The molecule has 110 valence electrons. The van der Waals surface area contributed by atoms with E-state index in [4.69, 9.17) is 4.74 Å². The van der Waals surface area contributed by atoms with Crippen LogP contribution < -0.4 is 0 Å². The minimum absolute atomic E-state index is 0.114. The number of aromatic amines is 1. The number of hydrogen-bond donors (Lipinski definition) is 1. The maximum absolute atomic E-state index is 12.4. The lowest BCUT2D eigenvalue weighted by atomic mass is 10.2. The number of esters is 1. The van der Waals surface area contributed by atoms with Crippen LogP contribution in [0.15, 0.2) is 0 Å². The van der Waals surface area contributed by atoms with Crippen molar-refractivity contribution in [3.63, 3.8) is 0 Å². The number of hydrogen-bond acceptors (Lipinski definition) is 6. The summed E-state index contributed by atoms with van der Waals surface area (Å²) < 4.78 is 5.03. The number of carbonyl (C=O) groups excluding carboxylic acids is 2. The van der Waals surface area contributed by atoms with Gasteiger partial charge < -0.3 is 9.64 Å². The third kappa shape index (κ3) is 3.12. The molecule has 1 aromatic rings. The molecular formula is C12H18N4O3S. The van der Waals surface area contributed by atoms with Crippen molar-refractivity contribution in [1.29, 1.82) is 0 Å². The predicted octanol–water partition coefficient (Wildman–Crippen LogP) is 0.488. The average molecular weight is 298 g/mol. The summed E-state index contributed by atoms with van der Waals surface area (Å²) in [6, 6.07) is -0.551. The molecule has 2 heterocycles. The summed E-state index contributed by atoms with van der Waals surface area (Å²) >= 11 is 1.64. The fraction of sp³-hybridized carbons (Fsp3) is 0.667. The van der Waals surface area contributed by atoms with Crippen molar-refractivity contribution < 1.29 is 14.3 Å². The smallest absolute Gasteiger partial charge is 0.329 e. The van der Waals surface area contributed by atoms with Crippen molar-refractivity contribution in [2.45, 2.75) is 26.3 Å². The van der Waals surface area contributed by atoms with Gasteiger partial charge in [0, 0.05) is 24.5 Å². The van der Waals surface area contributed by atoms with E-state index in [9.17, 15) is 9.59 Å². The van der Waals surface area contributed by atoms with Crippen molar-refractivity contribution in [2.75, 3.05) is 24.7 Å². The first-order valence-electron chi connectivity index (χ1n) is 6.64. The molecule has 0 bridgehead atoms. The highest BCUT2D eigenvalue weighted by Gasteiger charge is 2.35. The molecule has 1 atom stereocenters. The first kappa shape index (κ1) is 14.8. The first-order valence-corrected chi connectivity index (χ1v) is 7.79. The van der Waals surface area contributed by atoms with Crippen LogP contribution in [0.3, 0.4) is 0 Å². The number of aryl methyl sites for hydroxylation is 1. The van der Waals surface area contributed by atoms with Crippen molar-refractivity contribution >= 4 is 23.6 Å². The SMILES string of the molecule is CCOC(=O)C1CSCCN1C(=O)c1n[nH]c(CC)n1. The Labute approximate surface area is 121 Å². The molecule has 1 unspecified atom stereocenters. The minimum Gasteiger partial charge on any atom is -0.464 e. The van der Waals surface area contributed by atoms with E-state index in [2.05, 4.69) is 15.2 Å². The lowest BCUT2D eigenvalue weighted by Gasteiger charge is -2.32. The predicted molar refractivity (Wildman–Crippen MR) is 74.5 cm³/mol. The molecule has 1 amide bonds. The monoisotopic (exact) mass is 298 g/mol. The molecule has 1 aromatic heterocycles. The number of aromatic nitrogens is 3. The number of nitrogens with zero attached hydrogens (tertiary/aromatic N) is 3. The summed E-state index contributed by atoms with van der Waals surface area (Å²) in [5, 5.41) is 6.63. The Kier molecular flexibility index (Phi) is 4.99. The second kappa shape index (κ2) is 6.74. The second-order valence-electron chi connectivity index (χ2n) is 4.30. The van der Waals surface area contributed by atoms with E-state index in [0.717, 1.165) is 5.75 Å². The number of carbonyl (C=O) groups is 2. The molecule has 1 aliphatic rings. The number of amides is 1. The van der Waals surface area contributed by atoms with Crippen LogP contribution in [0.2, 0.25) is 0 Å². The lowest BCUT2D eigenvalue weighted by Crippen LogP contribution is -2.51. The van der Waals surface area contributed by atoms with E-state index in [-0.39, 0.29) is 17.7 Å². The molecule has 1 N–H and O–H groups in total. The summed E-state index contributed by atoms with van der Waals surface area (Å²) in [5.74, 6) is 1.44. The summed E-state index contributed by atoms with van der Waals surface area (Å²) in [4.78, 5) is 30.0. The highest BCUT2D eigenvalue weighted by molar-refractivity contribution is 7.99. The Bertz CT molecular complexity index is 491. The molecule has 0 aliphatic carbocycles. The fourth-order valence-corrected chi connectivity index (χ4v) is 2.99. The van der Waals surface area contributed by atoms with Crippen LogP contribution >= 0.6 is 11.8 Å². The van der Waals surface area contributed by atoms with E-state index in [0.29, 0.717) is 31.1 Å². The summed E-state index contributed by atoms with van der Waals surface area (Å²) in [7, 11) is 0. The standard InChI is InChI=1S/C12H18N4O3S/c1-3-9-13-10(15-14-9)11(17)16-5-6-20-7-8(16)12(18)19-4-2/h8H,3-7H2,1-2H3,(H,13,14,15). The van der Waals surface area contributed by atoms with Gasteiger partial charge in [0.25, 0.3) is 5.91 Å². The van der Waals surface area contributed by atoms with Crippen LogP contribution in [-0.2, 0) is 16.0 Å². The summed E-state index contributed by atoms with van der Waals surface area (Å²) in [5.41, 5.74) is 0. The number of H-pyrrole nitrogens is 1. The Morgan fingerprint density at radius 1 is 1.50 bits per heavy atom. The van der Waals surface area contributed by atoms with E-state index in [1.54, 1.807) is 18.7 Å². The van der Waals surface area contributed by atoms with Crippen molar-refractivity contribution in [3.8, 4) is 0 Å². The van der Waals surface area contributed by atoms with Gasteiger partial charge in [0.2, 0.25) is 5.82 Å². The molecule has 1 saturated heterocycles. The molecule has 20 heavy (non-hydrogen) atoms. The molecule has 7 nitrogen and oxygen atoms in total. The molecule has 1 aliphatic heterocycles. The van der Waals surface area contributed by atoms with Crippen LogP contribution in [0, 0.1) is 0 Å². The average Bonchev–Trinajstić information content (AvgIpc) is 2.95. The van der Waals surface area contributed by atoms with Gasteiger partial charge in [-0.1, -0.05) is 6.92 Å². The molecule has 0 aromatic carbocycles. The van der Waals surface area contributed by atoms with Gasteiger partial charge in [0.15, 0.2) is 0 Å². The van der Waals surface area contributed by atoms with Gasteiger partial charge >= 0.3 is 5.97 Å². The Hall–Kier alpha value is -1.57. The van der Waals surface area contributed by atoms with Gasteiger partial charge in [-0.15, -0.1) is 5.10 Å². The normalized spacial score (nSPS) is 18.9. The molecule has 0 radical (unpaired) electrons. The Morgan fingerprint density at radius 3 is 2.95 bits per heavy atom. The van der Waals surface area contributed by atoms with Gasteiger partial charge in [0.05, 0.1) is 6.61 Å². The van der Waals surface area contributed by atoms with E-state index in [1.165, 1.54) is 4.90 Å². The number of rotatable bonds is 4. The van der Waals surface area contributed by atoms with Crippen LogP contribution in [-0.4, -0.2) is 62.7 Å². The molecule has 2 rings (SSSR count). The third-order valence-electron chi connectivity index (χ3n) is 3.01. The van der Waals surface area contributed by atoms with Gasteiger partial charge in [-0.3, -0.25) is 9.89 Å². The van der Waals surface area contributed by atoms with Crippen LogP contribution in [0.5, 0.6) is 0 Å². The number of nitrogens with one attached hydrogen (secondary N) is 1. The minimum atomic E-state index is -0.551. The van der Waals surface area contributed by atoms with Gasteiger partial charge in [-0.25, -0.2) is 9.78 Å². The van der Waals surface area contributed by atoms with Gasteiger partial charge in [-0.2, -0.15) is 11.8 Å². The maximum atomic E-state index is 12.4. The van der Waals surface area contributed by atoms with Crippen molar-refractivity contribution in [3.05, 3.63) is 11.6 Å². The quantitative estimate of drug-likeness (QED) is 0.814. The van der Waals surface area contributed by atoms with Crippen molar-refractivity contribution in [1.82, 2.24) is 20.1 Å². The van der Waals surface area contributed by atoms with E-state index in [1.807, 2.05) is 6.92 Å². The zero-order chi connectivity index (χ0) is 14.5. The van der Waals surface area contributed by atoms with E-state index >= 15 is 0 Å². The summed E-state index contributed by atoms with van der Waals surface area (Å²) in [6.07, 6.45) is 0.678. The van der Waals surface area contributed by atoms with Crippen molar-refractivity contribution in [2.24, 2.45) is 0 Å². The second-order valence-corrected chi connectivity index (χ2v) is 5.45. The van der Waals surface area contributed by atoms with Gasteiger partial charge in [-0.05, 0) is 6.92 Å². The number of ether oxygens (including phenoxy) is 1. The maximum Gasteiger partial charge on any atom is 0.329 e. The van der Waals surface area contributed by atoms with Crippen LogP contribution in [0.25, 0.3) is 0 Å². The molecule has 0 spiro atoms. The topological polar surface area (TPSA) is 88.2 Å². The van der Waals surface area contributed by atoms with E-state index < -0.39 is 6.04 Å². The molecular weight excluding hydrogens is 280 g/mol. The zero-order valence-electron chi connectivity index (χ0n) is 11.6. The molecule has 0 saturated carbocycles. The molecule has 8 heteroatoms. The first-order chi connectivity index (χ1) is 9.67. The Balaban J connectivity index is 2.14. The van der Waals surface area contributed by atoms with Gasteiger partial charge in [0.1, 0.15) is 11.9 Å². The summed E-state index contributed by atoms with van der Waals surface area (Å²) in [6.45, 7) is 4.49. The fourth-order valence-electron chi connectivity index (χ4n) is 1.96. The number of thioether (sulfide) groups is 1.